The molecule has 3 aromatic rings. The van der Waals surface area contributed by atoms with E-state index in [0.29, 0.717) is 12.3 Å². The quantitative estimate of drug-likeness (QED) is 0.287. The van der Waals surface area contributed by atoms with E-state index in [1.54, 1.807) is 18.6 Å². The van der Waals surface area contributed by atoms with Crippen LogP contribution < -0.4 is 16.2 Å². The van der Waals surface area contributed by atoms with E-state index in [9.17, 15) is 24.3 Å². The topological polar surface area (TPSA) is 143 Å². The van der Waals surface area contributed by atoms with E-state index in [2.05, 4.69) is 20.6 Å². The molecule has 2 atom stereocenters. The summed E-state index contributed by atoms with van der Waals surface area (Å²) in [4.78, 5) is 59.2. The molecule has 2 heterocycles. The number of carboxylic acids is 1. The molecule has 0 aliphatic heterocycles. The molecular formula is C24H27N5O5S2. The Morgan fingerprint density at radius 3 is 2.67 bits per heavy atom. The van der Waals surface area contributed by atoms with E-state index in [-0.39, 0.29) is 18.0 Å². The number of amides is 1. The number of thioether (sulfide) groups is 1. The lowest BCUT2D eigenvalue weighted by atomic mass is 10.1. The number of aliphatic carboxylic acids is 1. The highest BCUT2D eigenvalue weighted by Gasteiger charge is 2.28. The third-order valence-corrected chi connectivity index (χ3v) is 7.05. The summed E-state index contributed by atoms with van der Waals surface area (Å²) in [5.74, 6) is -1.49. The van der Waals surface area contributed by atoms with Gasteiger partial charge in [0.15, 0.2) is 11.6 Å². The van der Waals surface area contributed by atoms with Crippen molar-refractivity contribution in [2.24, 2.45) is 0 Å². The minimum atomic E-state index is -1.20. The molecule has 1 amide bonds. The fraction of sp³-hybridized carbons (Fsp3) is 0.333. The molecule has 36 heavy (non-hydrogen) atoms. The van der Waals surface area contributed by atoms with Crippen molar-refractivity contribution in [3.05, 3.63) is 75.2 Å². The van der Waals surface area contributed by atoms with Crippen LogP contribution in [-0.4, -0.2) is 49.1 Å². The molecule has 3 N–H and O–H groups in total. The number of hydrogen-bond acceptors (Lipinski definition) is 9. The van der Waals surface area contributed by atoms with Crippen molar-refractivity contribution in [3.63, 3.8) is 0 Å². The van der Waals surface area contributed by atoms with Crippen LogP contribution in [0.25, 0.3) is 0 Å². The third kappa shape index (κ3) is 7.75. The Bertz CT molecular complexity index is 1220. The van der Waals surface area contributed by atoms with Crippen LogP contribution in [0.4, 0.5) is 5.82 Å². The van der Waals surface area contributed by atoms with Gasteiger partial charge in [0.25, 0.3) is 5.56 Å². The third-order valence-electron chi connectivity index (χ3n) is 5.25. The highest BCUT2D eigenvalue weighted by molar-refractivity contribution is 7.99. The van der Waals surface area contributed by atoms with E-state index < -0.39 is 41.7 Å². The Kier molecular flexibility index (Phi) is 10.2. The summed E-state index contributed by atoms with van der Waals surface area (Å²) in [5, 5.41) is 14.8. The summed E-state index contributed by atoms with van der Waals surface area (Å²) in [6.45, 7) is 2.08. The van der Waals surface area contributed by atoms with Gasteiger partial charge in [-0.15, -0.1) is 23.1 Å². The van der Waals surface area contributed by atoms with Crippen LogP contribution in [-0.2, 0) is 26.7 Å². The number of ketones is 1. The summed E-state index contributed by atoms with van der Waals surface area (Å²) in [7, 11) is 0. The Morgan fingerprint density at radius 1 is 1.22 bits per heavy atom. The molecule has 3 rings (SSSR count). The number of rotatable bonds is 14. The lowest BCUT2D eigenvalue weighted by Gasteiger charge is -2.22. The van der Waals surface area contributed by atoms with E-state index in [0.717, 1.165) is 10.4 Å². The molecule has 10 nitrogen and oxygen atoms in total. The molecule has 0 saturated heterocycles. The highest BCUT2D eigenvalue weighted by atomic mass is 32.2. The molecule has 0 saturated carbocycles. The predicted molar refractivity (Wildman–Crippen MR) is 139 cm³/mol. The normalized spacial score (nSPS) is 12.5. The van der Waals surface area contributed by atoms with Gasteiger partial charge in [0, 0.05) is 29.2 Å². The van der Waals surface area contributed by atoms with Gasteiger partial charge in [-0.25, -0.2) is 4.98 Å². The first-order valence-electron chi connectivity index (χ1n) is 11.2. The van der Waals surface area contributed by atoms with Crippen molar-refractivity contribution in [2.45, 2.75) is 44.1 Å². The van der Waals surface area contributed by atoms with E-state index in [1.165, 1.54) is 40.1 Å². The zero-order chi connectivity index (χ0) is 25.9. The average Bonchev–Trinajstić information content (AvgIpc) is 3.38. The molecule has 190 valence electrons. The zero-order valence-electron chi connectivity index (χ0n) is 19.6. The predicted octanol–water partition coefficient (Wildman–Crippen LogP) is 2.73. The van der Waals surface area contributed by atoms with Gasteiger partial charge in [0.2, 0.25) is 5.91 Å². The van der Waals surface area contributed by atoms with Crippen molar-refractivity contribution >= 4 is 46.6 Å². The second-order valence-corrected chi connectivity index (χ2v) is 9.79. The Balaban J connectivity index is 1.67. The number of thiazole rings is 1. The molecule has 1 unspecified atom stereocenters. The summed E-state index contributed by atoms with van der Waals surface area (Å²) in [5.41, 5.74) is 2.22. The Morgan fingerprint density at radius 2 is 2.00 bits per heavy atom. The molecule has 0 bridgehead atoms. The van der Waals surface area contributed by atoms with Gasteiger partial charge >= 0.3 is 5.97 Å². The molecule has 2 aromatic heterocycles. The van der Waals surface area contributed by atoms with Crippen molar-refractivity contribution < 1.29 is 19.5 Å². The second kappa shape index (κ2) is 13.5. The van der Waals surface area contributed by atoms with Crippen LogP contribution >= 0.6 is 23.1 Å². The zero-order valence-corrected chi connectivity index (χ0v) is 21.3. The van der Waals surface area contributed by atoms with Crippen molar-refractivity contribution in [2.75, 3.05) is 11.1 Å². The molecule has 0 fully saturated rings. The lowest BCUT2D eigenvalue weighted by Crippen LogP contribution is -2.47. The minimum Gasteiger partial charge on any atom is -0.481 e. The molecule has 1 aromatic carbocycles. The van der Waals surface area contributed by atoms with Crippen molar-refractivity contribution in [3.8, 4) is 0 Å². The van der Waals surface area contributed by atoms with Crippen LogP contribution in [0.2, 0.25) is 0 Å². The highest BCUT2D eigenvalue weighted by Crippen LogP contribution is 2.15. The standard InChI is InChI=1S/C24H27N5O5S2/c1-2-19(29-9-8-26-22(24(29)34)27-12-17-11-25-15-36-17)23(33)28-18(10-21(31)32)20(30)14-35-13-16-6-4-3-5-7-16/h3-9,11,15,18-19H,2,10,12-14H2,1H3,(H,26,27)(H,28,33)(H,31,32)/t18-,19?/m0/s1. The van der Waals surface area contributed by atoms with Gasteiger partial charge in [0.05, 0.1) is 30.3 Å². The van der Waals surface area contributed by atoms with Crippen LogP contribution in [0.3, 0.4) is 0 Å². The van der Waals surface area contributed by atoms with E-state index in [1.807, 2.05) is 30.3 Å². The summed E-state index contributed by atoms with van der Waals surface area (Å²) >= 11 is 2.78. The number of aromatic nitrogens is 3. The van der Waals surface area contributed by atoms with Crippen LogP contribution in [0.15, 0.2) is 59.2 Å². The first kappa shape index (κ1) is 27.1. The average molecular weight is 530 g/mol. The van der Waals surface area contributed by atoms with Gasteiger partial charge in [-0.1, -0.05) is 37.3 Å². The number of carbonyl (C=O) groups excluding carboxylic acids is 2. The number of benzene rings is 1. The fourth-order valence-corrected chi connectivity index (χ4v) is 4.90. The van der Waals surface area contributed by atoms with Crippen LogP contribution in [0, 0.1) is 0 Å². The van der Waals surface area contributed by atoms with Gasteiger partial charge < -0.3 is 15.7 Å². The summed E-state index contributed by atoms with van der Waals surface area (Å²) < 4.78 is 1.24. The second-order valence-electron chi connectivity index (χ2n) is 7.84. The van der Waals surface area contributed by atoms with Crippen molar-refractivity contribution in [1.29, 1.82) is 0 Å². The largest absolute Gasteiger partial charge is 0.481 e. The molecule has 0 spiro atoms. The summed E-state index contributed by atoms with van der Waals surface area (Å²) in [6, 6.07) is 7.43. The smallest absolute Gasteiger partial charge is 0.305 e. The number of nitrogens with zero attached hydrogens (tertiary/aromatic N) is 3. The Hall–Kier alpha value is -3.51. The van der Waals surface area contributed by atoms with Gasteiger partial charge in [-0.3, -0.25) is 28.7 Å². The number of hydrogen-bond donors (Lipinski definition) is 3. The minimum absolute atomic E-state index is 0.0464. The van der Waals surface area contributed by atoms with E-state index in [4.69, 9.17) is 0 Å². The fourth-order valence-electron chi connectivity index (χ4n) is 3.43. The van der Waals surface area contributed by atoms with Gasteiger partial charge in [-0.2, -0.15) is 0 Å². The molecular weight excluding hydrogens is 502 g/mol. The number of carbonyl (C=O) groups is 3. The summed E-state index contributed by atoms with van der Waals surface area (Å²) in [6.07, 6.45) is 4.20. The first-order chi connectivity index (χ1) is 17.4. The van der Waals surface area contributed by atoms with Crippen LogP contribution in [0.5, 0.6) is 0 Å². The lowest BCUT2D eigenvalue weighted by molar-refractivity contribution is -0.140. The monoisotopic (exact) mass is 529 g/mol. The SMILES string of the molecule is CCC(C(=O)N[C@@H](CC(=O)O)C(=O)CSCc1ccccc1)n1ccnc(NCc2cncs2)c1=O. The number of nitrogens with one attached hydrogen (secondary N) is 2. The maximum absolute atomic E-state index is 13.1. The number of carboxylic acid groups (broad SMARTS) is 1. The maximum atomic E-state index is 13.1. The van der Waals surface area contributed by atoms with E-state index >= 15 is 0 Å². The molecule has 12 heteroatoms. The number of Topliss-reactive ketones (excluding diaryl/α,β-unsaturated/α-hetero) is 1. The molecule has 0 radical (unpaired) electrons. The Labute approximate surface area is 216 Å². The maximum Gasteiger partial charge on any atom is 0.305 e. The van der Waals surface area contributed by atoms with Crippen molar-refractivity contribution in [1.82, 2.24) is 19.9 Å². The van der Waals surface area contributed by atoms with Crippen LogP contribution in [0.1, 0.15) is 36.2 Å². The molecule has 0 aliphatic carbocycles. The molecule has 0 aliphatic rings. The first-order valence-corrected chi connectivity index (χ1v) is 13.3. The van der Waals surface area contributed by atoms with Gasteiger partial charge in [-0.05, 0) is 12.0 Å². The van der Waals surface area contributed by atoms with Gasteiger partial charge in [0.1, 0.15) is 6.04 Å². The number of anilines is 1.